The first-order chi connectivity index (χ1) is 20.0. The highest BCUT2D eigenvalue weighted by atomic mass is 16.5. The fraction of sp³-hybridized carbons (Fsp3) is 0.267. The largest absolute Gasteiger partial charge is 0.486 e. The molecule has 208 valence electrons. The van der Waals surface area contributed by atoms with Crippen molar-refractivity contribution >= 4 is 40.9 Å². The predicted octanol–water partition coefficient (Wildman–Crippen LogP) is 4.03. The Hall–Kier alpha value is -4.48. The van der Waals surface area contributed by atoms with Crippen molar-refractivity contribution in [2.45, 2.75) is 26.3 Å². The number of rotatable bonds is 9. The van der Waals surface area contributed by atoms with E-state index in [1.54, 1.807) is 29.9 Å². The molecule has 0 spiro atoms. The summed E-state index contributed by atoms with van der Waals surface area (Å²) in [5.74, 6) is 0.766. The van der Waals surface area contributed by atoms with E-state index in [1.807, 2.05) is 54.6 Å². The molecule has 1 aliphatic heterocycles. The lowest BCUT2D eigenvalue weighted by Crippen LogP contribution is -2.41. The first kappa shape index (κ1) is 26.7. The SMILES string of the molecule is CB(O)NCC1CCN(c2cc3ncccc3cc2NC(=O)c2cnn3cc(OCc4ccccc4)cnc23)CC1. The molecule has 6 rings (SSSR count). The van der Waals surface area contributed by atoms with Crippen LogP contribution in [0.25, 0.3) is 16.6 Å². The second kappa shape index (κ2) is 12.0. The Kier molecular flexibility index (Phi) is 7.79. The highest BCUT2D eigenvalue weighted by Crippen LogP contribution is 2.34. The third-order valence-electron chi connectivity index (χ3n) is 7.45. The highest BCUT2D eigenvalue weighted by molar-refractivity contribution is 6.45. The minimum Gasteiger partial charge on any atom is -0.486 e. The van der Waals surface area contributed by atoms with Crippen molar-refractivity contribution in [1.29, 1.82) is 0 Å². The van der Waals surface area contributed by atoms with Crippen molar-refractivity contribution in [2.75, 3.05) is 29.9 Å². The number of anilines is 2. The van der Waals surface area contributed by atoms with Gasteiger partial charge in [0, 0.05) is 24.7 Å². The number of pyridine rings is 1. The average Bonchev–Trinajstić information content (AvgIpc) is 3.43. The Balaban J connectivity index is 1.21. The predicted molar refractivity (Wildman–Crippen MR) is 160 cm³/mol. The van der Waals surface area contributed by atoms with Crippen molar-refractivity contribution in [3.63, 3.8) is 0 Å². The van der Waals surface area contributed by atoms with Gasteiger partial charge in [-0.2, -0.15) is 5.10 Å². The molecule has 1 aliphatic rings. The Morgan fingerprint density at radius 2 is 1.93 bits per heavy atom. The molecule has 4 heterocycles. The average molecular weight is 549 g/mol. The van der Waals surface area contributed by atoms with Gasteiger partial charge in [0.25, 0.3) is 5.91 Å². The monoisotopic (exact) mass is 549 g/mol. The van der Waals surface area contributed by atoms with E-state index in [4.69, 9.17) is 4.74 Å². The summed E-state index contributed by atoms with van der Waals surface area (Å²) in [6.07, 6.45) is 8.62. The van der Waals surface area contributed by atoms with Crippen molar-refractivity contribution in [3.8, 4) is 5.75 Å². The van der Waals surface area contributed by atoms with Gasteiger partial charge in [0.15, 0.2) is 11.4 Å². The Labute approximate surface area is 238 Å². The van der Waals surface area contributed by atoms with Gasteiger partial charge in [0.05, 0.1) is 35.5 Å². The zero-order valence-electron chi connectivity index (χ0n) is 22.9. The summed E-state index contributed by atoms with van der Waals surface area (Å²) >= 11 is 0. The number of piperidine rings is 1. The van der Waals surface area contributed by atoms with Crippen LogP contribution >= 0.6 is 0 Å². The van der Waals surface area contributed by atoms with Crippen LogP contribution in [0.1, 0.15) is 28.8 Å². The van der Waals surface area contributed by atoms with E-state index in [0.717, 1.165) is 60.3 Å². The van der Waals surface area contributed by atoms with Crippen molar-refractivity contribution < 1.29 is 14.6 Å². The summed E-state index contributed by atoms with van der Waals surface area (Å²) in [6.45, 7) is 4.63. The summed E-state index contributed by atoms with van der Waals surface area (Å²) in [4.78, 5) is 24.9. The third-order valence-corrected chi connectivity index (χ3v) is 7.45. The van der Waals surface area contributed by atoms with Crippen molar-refractivity contribution in [3.05, 3.63) is 90.5 Å². The Morgan fingerprint density at radius 3 is 2.73 bits per heavy atom. The second-order valence-electron chi connectivity index (χ2n) is 10.4. The van der Waals surface area contributed by atoms with Gasteiger partial charge in [-0.25, -0.2) is 9.50 Å². The molecule has 1 amide bonds. The zero-order valence-corrected chi connectivity index (χ0v) is 22.9. The summed E-state index contributed by atoms with van der Waals surface area (Å²) in [6, 6.07) is 17.8. The summed E-state index contributed by atoms with van der Waals surface area (Å²) in [5, 5.41) is 21.1. The molecule has 0 atom stereocenters. The standard InChI is InChI=1S/C30H32BN7O3/c1-31(40)34-16-21-9-12-37(13-10-21)28-15-26-23(8-5-11-32-26)14-27(28)36-30(39)25-18-35-38-19-24(17-33-29(25)38)41-20-22-6-3-2-4-7-22/h2-8,11,14-15,17-19,21,34,40H,9-10,12-13,16,20H2,1H3,(H,36,39). The number of hydrogen-bond acceptors (Lipinski definition) is 8. The molecule has 1 saturated heterocycles. The molecule has 10 nitrogen and oxygen atoms in total. The molecule has 3 N–H and O–H groups in total. The fourth-order valence-electron chi connectivity index (χ4n) is 5.21. The topological polar surface area (TPSA) is 117 Å². The number of ether oxygens (including phenoxy) is 1. The van der Waals surface area contributed by atoms with Gasteiger partial charge >= 0.3 is 7.05 Å². The van der Waals surface area contributed by atoms with Crippen LogP contribution in [0.5, 0.6) is 5.75 Å². The van der Waals surface area contributed by atoms with Crippen LogP contribution in [0.3, 0.4) is 0 Å². The van der Waals surface area contributed by atoms with Gasteiger partial charge in [-0.15, -0.1) is 0 Å². The van der Waals surface area contributed by atoms with E-state index >= 15 is 0 Å². The molecular formula is C30H32BN7O3. The Morgan fingerprint density at radius 1 is 1.10 bits per heavy atom. The lowest BCUT2D eigenvalue weighted by molar-refractivity contribution is 0.102. The molecule has 0 aliphatic carbocycles. The second-order valence-corrected chi connectivity index (χ2v) is 10.4. The number of aromatic nitrogens is 4. The minimum absolute atomic E-state index is 0.286. The third kappa shape index (κ3) is 6.16. The number of fused-ring (bicyclic) bond motifs is 2. The lowest BCUT2D eigenvalue weighted by atomic mass is 9.86. The zero-order chi connectivity index (χ0) is 28.2. The number of carbonyl (C=O) groups is 1. The first-order valence-electron chi connectivity index (χ1n) is 13.9. The van der Waals surface area contributed by atoms with Gasteiger partial charge in [-0.1, -0.05) is 36.4 Å². The van der Waals surface area contributed by atoms with Crippen LogP contribution in [0.4, 0.5) is 11.4 Å². The molecule has 5 aromatic rings. The van der Waals surface area contributed by atoms with Gasteiger partial charge in [-0.3, -0.25) is 9.78 Å². The Bertz CT molecular complexity index is 1650. The van der Waals surface area contributed by atoms with E-state index in [2.05, 4.69) is 30.5 Å². The van der Waals surface area contributed by atoms with Crippen LogP contribution < -0.4 is 20.2 Å². The summed E-state index contributed by atoms with van der Waals surface area (Å²) in [5.41, 5.74) is 4.41. The van der Waals surface area contributed by atoms with Gasteiger partial charge in [-0.05, 0) is 55.9 Å². The maximum absolute atomic E-state index is 13.6. The van der Waals surface area contributed by atoms with Crippen LogP contribution in [-0.4, -0.2) is 57.2 Å². The highest BCUT2D eigenvalue weighted by Gasteiger charge is 2.24. The van der Waals surface area contributed by atoms with Crippen LogP contribution in [-0.2, 0) is 6.61 Å². The van der Waals surface area contributed by atoms with Gasteiger partial charge in [0.2, 0.25) is 0 Å². The number of benzene rings is 2. The molecule has 3 aromatic heterocycles. The molecular weight excluding hydrogens is 517 g/mol. The minimum atomic E-state index is -0.510. The van der Waals surface area contributed by atoms with Crippen molar-refractivity contribution in [2.24, 2.45) is 5.92 Å². The smallest absolute Gasteiger partial charge is 0.373 e. The van der Waals surface area contributed by atoms with E-state index in [-0.39, 0.29) is 5.91 Å². The lowest BCUT2D eigenvalue weighted by Gasteiger charge is -2.35. The van der Waals surface area contributed by atoms with Crippen LogP contribution in [0, 0.1) is 5.92 Å². The molecule has 11 heteroatoms. The molecule has 1 fully saturated rings. The van der Waals surface area contributed by atoms with E-state index in [0.29, 0.717) is 29.5 Å². The molecule has 0 radical (unpaired) electrons. The molecule has 0 unspecified atom stereocenters. The van der Waals surface area contributed by atoms with Gasteiger partial charge < -0.3 is 25.2 Å². The molecule has 41 heavy (non-hydrogen) atoms. The summed E-state index contributed by atoms with van der Waals surface area (Å²) in [7, 11) is -0.510. The molecule has 2 aromatic carbocycles. The number of hydrogen-bond donors (Lipinski definition) is 3. The number of carbonyl (C=O) groups excluding carboxylic acids is 1. The van der Waals surface area contributed by atoms with Gasteiger partial charge in [0.1, 0.15) is 12.2 Å². The van der Waals surface area contributed by atoms with E-state index in [1.165, 1.54) is 6.20 Å². The maximum atomic E-state index is 13.6. The van der Waals surface area contributed by atoms with E-state index in [9.17, 15) is 9.82 Å². The quantitative estimate of drug-likeness (QED) is 0.236. The van der Waals surface area contributed by atoms with Crippen molar-refractivity contribution in [1.82, 2.24) is 24.8 Å². The molecule has 0 bridgehead atoms. The first-order valence-corrected chi connectivity index (χ1v) is 13.9. The summed E-state index contributed by atoms with van der Waals surface area (Å²) < 4.78 is 7.43. The normalized spacial score (nSPS) is 14.0. The van der Waals surface area contributed by atoms with E-state index < -0.39 is 7.05 Å². The van der Waals surface area contributed by atoms with Crippen LogP contribution in [0.2, 0.25) is 6.82 Å². The fourth-order valence-corrected chi connectivity index (χ4v) is 5.21. The molecule has 0 saturated carbocycles. The maximum Gasteiger partial charge on any atom is 0.373 e. The van der Waals surface area contributed by atoms with Crippen LogP contribution in [0.15, 0.2) is 79.4 Å². The number of nitrogens with zero attached hydrogens (tertiary/aromatic N) is 5. The number of nitrogens with one attached hydrogen (secondary N) is 2. The number of amides is 1.